The standard InChI is InChI=1S/C17H15N3O2/c1-22-13-5-6-14-10(7-13)8-15-16(14)19-20-17(15)18-11-3-2-4-12(21)9-11/h2-7,9,21H,8H2,1H3,(H2,18,19,20). The Balaban J connectivity index is 1.68. The number of nitrogens with one attached hydrogen (secondary N) is 2. The topological polar surface area (TPSA) is 70.2 Å². The van der Waals surface area contributed by atoms with E-state index in [4.69, 9.17) is 4.74 Å². The summed E-state index contributed by atoms with van der Waals surface area (Å²) in [5.41, 5.74) is 5.36. The molecule has 110 valence electrons. The molecule has 0 radical (unpaired) electrons. The van der Waals surface area contributed by atoms with E-state index in [2.05, 4.69) is 27.6 Å². The first-order chi connectivity index (χ1) is 10.7. The van der Waals surface area contributed by atoms with Crippen molar-refractivity contribution in [2.75, 3.05) is 12.4 Å². The minimum atomic E-state index is 0.227. The van der Waals surface area contributed by atoms with Crippen LogP contribution in [0.25, 0.3) is 11.3 Å². The number of hydrogen-bond acceptors (Lipinski definition) is 4. The number of aromatic amines is 1. The lowest BCUT2D eigenvalue weighted by Gasteiger charge is -2.05. The van der Waals surface area contributed by atoms with Crippen molar-refractivity contribution < 1.29 is 9.84 Å². The smallest absolute Gasteiger partial charge is 0.156 e. The van der Waals surface area contributed by atoms with Crippen molar-refractivity contribution in [2.24, 2.45) is 0 Å². The molecule has 3 N–H and O–H groups in total. The summed E-state index contributed by atoms with van der Waals surface area (Å²) in [7, 11) is 1.67. The van der Waals surface area contributed by atoms with Gasteiger partial charge in [-0.15, -0.1) is 0 Å². The summed E-state index contributed by atoms with van der Waals surface area (Å²) in [6.45, 7) is 0. The zero-order chi connectivity index (χ0) is 15.1. The van der Waals surface area contributed by atoms with Gasteiger partial charge in [0.2, 0.25) is 0 Å². The predicted octanol–water partition coefficient (Wildman–Crippen LogP) is 3.44. The van der Waals surface area contributed by atoms with Gasteiger partial charge in [-0.25, -0.2) is 0 Å². The maximum Gasteiger partial charge on any atom is 0.156 e. The van der Waals surface area contributed by atoms with E-state index in [-0.39, 0.29) is 5.75 Å². The molecule has 22 heavy (non-hydrogen) atoms. The molecule has 0 fully saturated rings. The first kappa shape index (κ1) is 12.8. The molecule has 1 heterocycles. The van der Waals surface area contributed by atoms with Crippen LogP contribution in [0.15, 0.2) is 42.5 Å². The van der Waals surface area contributed by atoms with Gasteiger partial charge in [0.25, 0.3) is 0 Å². The Bertz CT molecular complexity index is 855. The highest BCUT2D eigenvalue weighted by Gasteiger charge is 2.24. The second kappa shape index (κ2) is 4.80. The third-order valence-corrected chi connectivity index (χ3v) is 3.93. The molecule has 0 aliphatic heterocycles. The number of hydrogen-bond donors (Lipinski definition) is 3. The summed E-state index contributed by atoms with van der Waals surface area (Å²) < 4.78 is 5.28. The minimum absolute atomic E-state index is 0.227. The fraction of sp³-hybridized carbons (Fsp3) is 0.118. The Hall–Kier alpha value is -2.95. The van der Waals surface area contributed by atoms with E-state index in [9.17, 15) is 5.11 Å². The normalized spacial score (nSPS) is 11.9. The molecule has 0 atom stereocenters. The monoisotopic (exact) mass is 293 g/mol. The number of phenols is 1. The second-order valence-electron chi connectivity index (χ2n) is 5.30. The molecule has 5 heteroatoms. The average molecular weight is 293 g/mol. The van der Waals surface area contributed by atoms with E-state index in [0.29, 0.717) is 0 Å². The summed E-state index contributed by atoms with van der Waals surface area (Å²) >= 11 is 0. The summed E-state index contributed by atoms with van der Waals surface area (Å²) in [5, 5.41) is 20.3. The molecular formula is C17H15N3O2. The Morgan fingerprint density at radius 3 is 2.95 bits per heavy atom. The SMILES string of the molecule is COc1ccc2c(c1)Cc1c(Nc3cccc(O)c3)n[nH]c1-2. The number of fused-ring (bicyclic) bond motifs is 3. The Morgan fingerprint density at radius 2 is 2.14 bits per heavy atom. The number of aromatic hydroxyl groups is 1. The maximum atomic E-state index is 9.55. The van der Waals surface area contributed by atoms with Crippen molar-refractivity contribution in [3.63, 3.8) is 0 Å². The van der Waals surface area contributed by atoms with Gasteiger partial charge in [-0.2, -0.15) is 5.10 Å². The highest BCUT2D eigenvalue weighted by Crippen LogP contribution is 2.40. The molecular weight excluding hydrogens is 278 g/mol. The number of phenolic OH excluding ortho intramolecular Hbond substituents is 1. The molecule has 1 aromatic heterocycles. The fourth-order valence-electron chi connectivity index (χ4n) is 2.86. The van der Waals surface area contributed by atoms with Crippen LogP contribution < -0.4 is 10.1 Å². The van der Waals surface area contributed by atoms with E-state index < -0.39 is 0 Å². The van der Waals surface area contributed by atoms with E-state index in [1.165, 1.54) is 5.56 Å². The van der Waals surface area contributed by atoms with Gasteiger partial charge in [-0.1, -0.05) is 6.07 Å². The van der Waals surface area contributed by atoms with Crippen LogP contribution in [0, 0.1) is 0 Å². The third kappa shape index (κ3) is 1.98. The van der Waals surface area contributed by atoms with E-state index in [0.717, 1.165) is 40.5 Å². The van der Waals surface area contributed by atoms with Crippen LogP contribution in [0.1, 0.15) is 11.1 Å². The van der Waals surface area contributed by atoms with E-state index >= 15 is 0 Å². The molecule has 1 aliphatic rings. The van der Waals surface area contributed by atoms with Gasteiger partial charge in [0.05, 0.1) is 12.8 Å². The molecule has 0 unspecified atom stereocenters. The number of benzene rings is 2. The number of methoxy groups -OCH3 is 1. The van der Waals surface area contributed by atoms with Crippen molar-refractivity contribution in [3.8, 4) is 22.8 Å². The van der Waals surface area contributed by atoms with Crippen molar-refractivity contribution in [3.05, 3.63) is 53.6 Å². The van der Waals surface area contributed by atoms with Gasteiger partial charge in [-0.05, 0) is 35.9 Å². The van der Waals surface area contributed by atoms with E-state index in [1.807, 2.05) is 12.1 Å². The largest absolute Gasteiger partial charge is 0.508 e. The van der Waals surface area contributed by atoms with Gasteiger partial charge >= 0.3 is 0 Å². The Morgan fingerprint density at radius 1 is 1.23 bits per heavy atom. The van der Waals surface area contributed by atoms with Gasteiger partial charge in [-0.3, -0.25) is 5.10 Å². The summed E-state index contributed by atoms with van der Waals surface area (Å²) in [5.74, 6) is 1.88. The van der Waals surface area contributed by atoms with Crippen LogP contribution in [0.2, 0.25) is 0 Å². The van der Waals surface area contributed by atoms with Crippen molar-refractivity contribution in [1.82, 2.24) is 10.2 Å². The summed E-state index contributed by atoms with van der Waals surface area (Å²) in [6.07, 6.45) is 0.805. The molecule has 3 aromatic rings. The lowest BCUT2D eigenvalue weighted by molar-refractivity contribution is 0.414. The average Bonchev–Trinajstić information content (AvgIpc) is 3.06. The van der Waals surface area contributed by atoms with Gasteiger partial charge in [0.15, 0.2) is 5.82 Å². The Labute approximate surface area is 127 Å². The molecule has 0 spiro atoms. The number of H-pyrrole nitrogens is 1. The lowest BCUT2D eigenvalue weighted by Crippen LogP contribution is -1.94. The number of aromatic nitrogens is 2. The third-order valence-electron chi connectivity index (χ3n) is 3.93. The van der Waals surface area contributed by atoms with Crippen LogP contribution in [-0.2, 0) is 6.42 Å². The molecule has 2 aromatic carbocycles. The number of rotatable bonds is 3. The molecule has 4 rings (SSSR count). The van der Waals surface area contributed by atoms with Crippen LogP contribution in [0.4, 0.5) is 11.5 Å². The lowest BCUT2D eigenvalue weighted by atomic mass is 10.1. The number of anilines is 2. The molecule has 0 saturated heterocycles. The molecule has 0 bridgehead atoms. The minimum Gasteiger partial charge on any atom is -0.508 e. The molecule has 0 saturated carbocycles. The molecule has 1 aliphatic carbocycles. The fourth-order valence-corrected chi connectivity index (χ4v) is 2.86. The summed E-state index contributed by atoms with van der Waals surface area (Å²) in [6, 6.07) is 13.1. The van der Waals surface area contributed by atoms with Crippen LogP contribution in [0.3, 0.4) is 0 Å². The predicted molar refractivity (Wildman–Crippen MR) is 84.8 cm³/mol. The second-order valence-corrected chi connectivity index (χ2v) is 5.30. The zero-order valence-electron chi connectivity index (χ0n) is 12.1. The highest BCUT2D eigenvalue weighted by molar-refractivity contribution is 5.80. The van der Waals surface area contributed by atoms with Crippen LogP contribution in [-0.4, -0.2) is 22.4 Å². The quantitative estimate of drug-likeness (QED) is 0.541. The van der Waals surface area contributed by atoms with Crippen molar-refractivity contribution in [1.29, 1.82) is 0 Å². The van der Waals surface area contributed by atoms with Crippen molar-refractivity contribution in [2.45, 2.75) is 6.42 Å². The van der Waals surface area contributed by atoms with Gasteiger partial charge < -0.3 is 15.2 Å². The summed E-state index contributed by atoms with van der Waals surface area (Å²) in [4.78, 5) is 0. The Kier molecular flexibility index (Phi) is 2.79. The molecule has 5 nitrogen and oxygen atoms in total. The molecule has 0 amide bonds. The van der Waals surface area contributed by atoms with Crippen molar-refractivity contribution >= 4 is 11.5 Å². The maximum absolute atomic E-state index is 9.55. The van der Waals surface area contributed by atoms with Crippen LogP contribution >= 0.6 is 0 Å². The van der Waals surface area contributed by atoms with Gasteiger partial charge in [0.1, 0.15) is 11.5 Å². The number of ether oxygens (including phenoxy) is 1. The zero-order valence-corrected chi connectivity index (χ0v) is 12.1. The first-order valence-electron chi connectivity index (χ1n) is 7.05. The van der Waals surface area contributed by atoms with Crippen LogP contribution in [0.5, 0.6) is 11.5 Å². The highest BCUT2D eigenvalue weighted by atomic mass is 16.5. The van der Waals surface area contributed by atoms with Gasteiger partial charge in [0, 0.05) is 29.3 Å². The number of nitrogens with zero attached hydrogens (tertiary/aromatic N) is 1. The van der Waals surface area contributed by atoms with E-state index in [1.54, 1.807) is 25.3 Å². The first-order valence-corrected chi connectivity index (χ1v) is 7.05.